The third kappa shape index (κ3) is 4.66. The molecule has 0 aliphatic heterocycles. The zero-order chi connectivity index (χ0) is 35.0. The van der Waals surface area contributed by atoms with E-state index >= 15 is 0 Å². The first-order valence-electron chi connectivity index (χ1n) is 18.2. The van der Waals surface area contributed by atoms with Crippen molar-refractivity contribution in [2.45, 2.75) is 6.92 Å². The first-order valence-corrected chi connectivity index (χ1v) is 19.8. The highest BCUT2D eigenvalue weighted by atomic mass is 32.1. The number of thiophene rings is 2. The van der Waals surface area contributed by atoms with Crippen LogP contribution >= 0.6 is 22.7 Å². The van der Waals surface area contributed by atoms with Crippen molar-refractivity contribution in [1.82, 2.24) is 0 Å². The van der Waals surface area contributed by atoms with Crippen molar-refractivity contribution < 1.29 is 0 Å². The molecule has 0 fully saturated rings. The first-order chi connectivity index (χ1) is 26.2. The van der Waals surface area contributed by atoms with Gasteiger partial charge in [0.2, 0.25) is 0 Å². The molecule has 0 N–H and O–H groups in total. The van der Waals surface area contributed by atoms with Gasteiger partial charge in [0.15, 0.2) is 0 Å². The molecule has 0 aliphatic carbocycles. The number of aryl methyl sites for hydroxylation is 1. The standard InChI is InChI=1S/C51H32S2/c1-31-26-29-45(52-31)50-41-22-11-9-20-39(41)49(40-21-10-12-23-42(40)50)44-25-13-24-43-34-28-27-33(30-46(34)53-51(43)44)48-37-18-7-5-16-35(37)47(32-14-3-2-4-15-32)36-17-6-8-19-38(36)48/h2-30H,1H3. The Labute approximate surface area is 315 Å². The van der Waals surface area contributed by atoms with Crippen molar-refractivity contribution in [3.63, 3.8) is 0 Å². The quantitative estimate of drug-likeness (QED) is 0.160. The van der Waals surface area contributed by atoms with Gasteiger partial charge in [-0.15, -0.1) is 22.7 Å². The second-order valence-corrected chi connectivity index (χ2v) is 16.3. The molecule has 0 unspecified atom stereocenters. The minimum atomic E-state index is 1.25. The van der Waals surface area contributed by atoms with Gasteiger partial charge in [0.25, 0.3) is 0 Å². The summed E-state index contributed by atoms with van der Waals surface area (Å²) in [4.78, 5) is 2.66. The van der Waals surface area contributed by atoms with Crippen LogP contribution in [0.2, 0.25) is 0 Å². The summed E-state index contributed by atoms with van der Waals surface area (Å²) in [5.41, 5.74) is 9.05. The molecule has 0 bridgehead atoms. The predicted octanol–water partition coefficient (Wildman–Crippen LogP) is 15.7. The van der Waals surface area contributed by atoms with Crippen LogP contribution in [-0.4, -0.2) is 0 Å². The fourth-order valence-corrected chi connectivity index (χ4v) is 11.0. The van der Waals surface area contributed by atoms with Crippen LogP contribution in [0.1, 0.15) is 4.88 Å². The van der Waals surface area contributed by atoms with Crippen LogP contribution in [0.3, 0.4) is 0 Å². The molecular weight excluding hydrogens is 677 g/mol. The number of rotatable bonds is 4. The highest BCUT2D eigenvalue weighted by Gasteiger charge is 2.21. The van der Waals surface area contributed by atoms with Gasteiger partial charge in [-0.1, -0.05) is 158 Å². The maximum Gasteiger partial charge on any atom is 0.0434 e. The summed E-state index contributed by atoms with van der Waals surface area (Å²) in [6, 6.07) is 65.3. The molecule has 0 saturated carbocycles. The molecule has 2 heterocycles. The molecule has 0 spiro atoms. The van der Waals surface area contributed by atoms with E-state index in [-0.39, 0.29) is 0 Å². The average molecular weight is 709 g/mol. The lowest BCUT2D eigenvalue weighted by molar-refractivity contribution is 1.64. The van der Waals surface area contributed by atoms with Crippen molar-refractivity contribution in [3.8, 4) is 43.8 Å². The van der Waals surface area contributed by atoms with Crippen LogP contribution in [0.5, 0.6) is 0 Å². The third-order valence-corrected chi connectivity index (χ3v) is 13.2. The van der Waals surface area contributed by atoms with E-state index in [1.165, 1.54) is 112 Å². The molecule has 53 heavy (non-hydrogen) atoms. The van der Waals surface area contributed by atoms with Crippen LogP contribution in [0.25, 0.3) is 107 Å². The molecule has 2 aromatic heterocycles. The van der Waals surface area contributed by atoms with E-state index in [9.17, 15) is 0 Å². The topological polar surface area (TPSA) is 0 Å². The van der Waals surface area contributed by atoms with E-state index in [1.807, 2.05) is 22.7 Å². The van der Waals surface area contributed by atoms with Crippen molar-refractivity contribution in [2.24, 2.45) is 0 Å². The molecule has 0 amide bonds. The molecule has 0 aliphatic rings. The molecule has 9 aromatic carbocycles. The Hall–Kier alpha value is -6.06. The van der Waals surface area contributed by atoms with Crippen LogP contribution in [0.15, 0.2) is 176 Å². The van der Waals surface area contributed by atoms with E-state index in [1.54, 1.807) is 0 Å². The van der Waals surface area contributed by atoms with Gasteiger partial charge in [-0.2, -0.15) is 0 Å². The monoisotopic (exact) mass is 708 g/mol. The second-order valence-electron chi connectivity index (χ2n) is 14.0. The van der Waals surface area contributed by atoms with Crippen molar-refractivity contribution in [3.05, 3.63) is 181 Å². The number of fused-ring (bicyclic) bond motifs is 7. The lowest BCUT2D eigenvalue weighted by atomic mass is 9.86. The number of benzene rings is 9. The Morgan fingerprint density at radius 2 is 0.811 bits per heavy atom. The number of hydrogen-bond donors (Lipinski definition) is 0. The Balaban J connectivity index is 1.17. The average Bonchev–Trinajstić information content (AvgIpc) is 3.82. The van der Waals surface area contributed by atoms with Gasteiger partial charge in [0.05, 0.1) is 0 Å². The van der Waals surface area contributed by atoms with E-state index in [0.29, 0.717) is 0 Å². The van der Waals surface area contributed by atoms with Crippen LogP contribution in [-0.2, 0) is 0 Å². The Morgan fingerprint density at radius 3 is 1.36 bits per heavy atom. The fourth-order valence-electron chi connectivity index (χ4n) is 8.76. The summed E-state index contributed by atoms with van der Waals surface area (Å²) in [7, 11) is 0. The summed E-state index contributed by atoms with van der Waals surface area (Å²) in [5, 5.41) is 13.0. The normalized spacial score (nSPS) is 11.9. The van der Waals surface area contributed by atoms with Gasteiger partial charge in [0, 0.05) is 41.1 Å². The third-order valence-electron chi connectivity index (χ3n) is 11.0. The SMILES string of the molecule is Cc1ccc(-c2c3ccccc3c(-c3cccc4c3sc3cc(-c5c6ccccc6c(-c6ccccc6)c6ccccc56)ccc34)c3ccccc23)s1. The summed E-state index contributed by atoms with van der Waals surface area (Å²) in [5.74, 6) is 0. The van der Waals surface area contributed by atoms with Gasteiger partial charge in [-0.05, 0) is 96.0 Å². The van der Waals surface area contributed by atoms with E-state index in [0.717, 1.165) is 0 Å². The molecule has 0 radical (unpaired) electrons. The van der Waals surface area contributed by atoms with Crippen LogP contribution in [0.4, 0.5) is 0 Å². The zero-order valence-electron chi connectivity index (χ0n) is 29.1. The second kappa shape index (κ2) is 12.0. The predicted molar refractivity (Wildman–Crippen MR) is 234 cm³/mol. The molecule has 0 nitrogen and oxygen atoms in total. The molecule has 0 saturated heterocycles. The minimum Gasteiger partial charge on any atom is -0.141 e. The van der Waals surface area contributed by atoms with Gasteiger partial charge in [0.1, 0.15) is 0 Å². The maximum absolute atomic E-state index is 2.44. The first kappa shape index (κ1) is 30.6. The van der Waals surface area contributed by atoms with Crippen molar-refractivity contribution >= 4 is 85.9 Å². The highest BCUT2D eigenvalue weighted by molar-refractivity contribution is 7.26. The summed E-state index contributed by atoms with van der Waals surface area (Å²) in [6.45, 7) is 2.20. The summed E-state index contributed by atoms with van der Waals surface area (Å²) >= 11 is 3.81. The summed E-state index contributed by atoms with van der Waals surface area (Å²) in [6.07, 6.45) is 0. The van der Waals surface area contributed by atoms with Gasteiger partial charge in [-0.25, -0.2) is 0 Å². The maximum atomic E-state index is 2.44. The molecule has 11 rings (SSSR count). The van der Waals surface area contributed by atoms with Gasteiger partial charge >= 0.3 is 0 Å². The van der Waals surface area contributed by atoms with Crippen LogP contribution < -0.4 is 0 Å². The Kier molecular flexibility index (Phi) is 6.92. The fraction of sp³-hybridized carbons (Fsp3) is 0.0196. The van der Waals surface area contributed by atoms with Crippen LogP contribution in [0, 0.1) is 6.92 Å². The molecule has 0 atom stereocenters. The van der Waals surface area contributed by atoms with Crippen molar-refractivity contribution in [1.29, 1.82) is 0 Å². The van der Waals surface area contributed by atoms with Crippen molar-refractivity contribution in [2.75, 3.05) is 0 Å². The number of hydrogen-bond acceptors (Lipinski definition) is 2. The summed E-state index contributed by atoms with van der Waals surface area (Å²) < 4.78 is 2.65. The molecule has 11 aromatic rings. The Bertz CT molecular complexity index is 3120. The van der Waals surface area contributed by atoms with Gasteiger partial charge < -0.3 is 0 Å². The van der Waals surface area contributed by atoms with Gasteiger partial charge in [-0.3, -0.25) is 0 Å². The molecular formula is C51H32S2. The molecule has 248 valence electrons. The highest BCUT2D eigenvalue weighted by Crippen LogP contribution is 2.50. The molecule has 2 heteroatoms. The van der Waals surface area contributed by atoms with E-state index < -0.39 is 0 Å². The van der Waals surface area contributed by atoms with E-state index in [2.05, 4.69) is 183 Å². The lowest BCUT2D eigenvalue weighted by Crippen LogP contribution is -1.90. The lowest BCUT2D eigenvalue weighted by Gasteiger charge is -2.17. The van der Waals surface area contributed by atoms with E-state index in [4.69, 9.17) is 0 Å². The Morgan fingerprint density at radius 1 is 0.321 bits per heavy atom. The minimum absolute atomic E-state index is 1.25. The largest absolute Gasteiger partial charge is 0.141 e. The smallest absolute Gasteiger partial charge is 0.0434 e. The zero-order valence-corrected chi connectivity index (χ0v) is 30.7.